The Labute approximate surface area is 70.4 Å². The van der Waals surface area contributed by atoms with Gasteiger partial charge in [-0.25, -0.2) is 0 Å². The Morgan fingerprint density at radius 2 is 1.73 bits per heavy atom. The van der Waals surface area contributed by atoms with Gasteiger partial charge < -0.3 is 0 Å². The molecule has 2 saturated carbocycles. The van der Waals surface area contributed by atoms with Crippen molar-refractivity contribution in [2.75, 3.05) is 0 Å². The van der Waals surface area contributed by atoms with Crippen LogP contribution in [-0.4, -0.2) is 0 Å². The smallest absolute Gasteiger partial charge is 0.0323 e. The monoisotopic (exact) mass is 152 g/mol. The molecular weight excluding hydrogens is 132 g/mol. The summed E-state index contributed by atoms with van der Waals surface area (Å²) in [6.45, 7) is 4.86. The van der Waals surface area contributed by atoms with Crippen molar-refractivity contribution >= 4 is 0 Å². The third-order valence-corrected chi connectivity index (χ3v) is 4.07. The molecule has 0 N–H and O–H groups in total. The molecule has 2 aliphatic rings. The summed E-state index contributed by atoms with van der Waals surface area (Å²) < 4.78 is 0. The zero-order chi connectivity index (χ0) is 7.90. The molecule has 0 aliphatic heterocycles. The first kappa shape index (κ1) is 7.64. The minimum absolute atomic E-state index is 0.726. The van der Waals surface area contributed by atoms with Crippen LogP contribution in [-0.2, 0) is 0 Å². The maximum Gasteiger partial charge on any atom is -0.0323 e. The van der Waals surface area contributed by atoms with Gasteiger partial charge in [0, 0.05) is 0 Å². The predicted molar refractivity (Wildman–Crippen MR) is 48.5 cm³/mol. The first-order valence-corrected chi connectivity index (χ1v) is 5.22. The lowest BCUT2D eigenvalue weighted by molar-refractivity contribution is 0.146. The molecule has 0 heterocycles. The van der Waals surface area contributed by atoms with Crippen molar-refractivity contribution in [3.05, 3.63) is 0 Å². The molecule has 0 radical (unpaired) electrons. The summed E-state index contributed by atoms with van der Waals surface area (Å²) in [5.74, 6) is 2.22. The maximum absolute atomic E-state index is 2.50. The van der Waals surface area contributed by atoms with Gasteiger partial charge in [0.25, 0.3) is 0 Å². The topological polar surface area (TPSA) is 0 Å². The van der Waals surface area contributed by atoms with Crippen LogP contribution < -0.4 is 0 Å². The van der Waals surface area contributed by atoms with Crippen molar-refractivity contribution in [1.29, 1.82) is 0 Å². The van der Waals surface area contributed by atoms with Gasteiger partial charge in [-0.05, 0) is 36.5 Å². The van der Waals surface area contributed by atoms with Crippen LogP contribution in [0.3, 0.4) is 0 Å². The van der Waals surface area contributed by atoms with Crippen LogP contribution in [0.1, 0.15) is 52.4 Å². The van der Waals surface area contributed by atoms with E-state index in [0.717, 1.165) is 17.3 Å². The van der Waals surface area contributed by atoms with Crippen LogP contribution in [0.2, 0.25) is 0 Å². The quantitative estimate of drug-likeness (QED) is 0.538. The molecule has 0 heteroatoms. The van der Waals surface area contributed by atoms with Gasteiger partial charge in [0.2, 0.25) is 0 Å². The Bertz CT molecular complexity index is 136. The van der Waals surface area contributed by atoms with Crippen molar-refractivity contribution in [3.8, 4) is 0 Å². The van der Waals surface area contributed by atoms with Gasteiger partial charge in [0.15, 0.2) is 0 Å². The molecule has 0 saturated heterocycles. The molecule has 0 spiro atoms. The lowest BCUT2D eigenvalue weighted by atomic mass is 9.69. The molecule has 2 aliphatic carbocycles. The summed E-state index contributed by atoms with van der Waals surface area (Å²) >= 11 is 0. The van der Waals surface area contributed by atoms with Crippen molar-refractivity contribution in [2.45, 2.75) is 52.4 Å². The minimum Gasteiger partial charge on any atom is -0.0649 e. The number of fused-ring (bicyclic) bond motifs is 2. The van der Waals surface area contributed by atoms with E-state index in [1.165, 1.54) is 19.3 Å². The molecule has 2 unspecified atom stereocenters. The predicted octanol–water partition coefficient (Wildman–Crippen LogP) is 3.61. The fourth-order valence-electron chi connectivity index (χ4n) is 3.32. The minimum atomic E-state index is 0.726. The second-order valence-corrected chi connectivity index (χ2v) is 5.12. The SMILES string of the molecule is CCC1(C)CC2CCC(C2)C1. The van der Waals surface area contributed by atoms with Crippen LogP contribution in [0.4, 0.5) is 0 Å². The Balaban J connectivity index is 2.07. The van der Waals surface area contributed by atoms with Gasteiger partial charge in [-0.2, -0.15) is 0 Å². The molecule has 64 valence electrons. The van der Waals surface area contributed by atoms with Gasteiger partial charge in [-0.15, -0.1) is 0 Å². The molecular formula is C11H20. The van der Waals surface area contributed by atoms with E-state index in [0.29, 0.717) is 0 Å². The van der Waals surface area contributed by atoms with E-state index in [4.69, 9.17) is 0 Å². The van der Waals surface area contributed by atoms with Crippen LogP contribution in [0.15, 0.2) is 0 Å². The third-order valence-electron chi connectivity index (χ3n) is 4.07. The second kappa shape index (κ2) is 2.50. The molecule has 0 aromatic rings. The molecule has 0 aromatic carbocycles. The zero-order valence-electron chi connectivity index (χ0n) is 7.90. The van der Waals surface area contributed by atoms with Gasteiger partial charge in [0.05, 0.1) is 0 Å². The van der Waals surface area contributed by atoms with E-state index in [1.807, 2.05) is 0 Å². The first-order chi connectivity index (χ1) is 5.22. The van der Waals surface area contributed by atoms with Crippen molar-refractivity contribution < 1.29 is 0 Å². The van der Waals surface area contributed by atoms with E-state index in [-0.39, 0.29) is 0 Å². The number of hydrogen-bond donors (Lipinski definition) is 0. The molecule has 0 nitrogen and oxygen atoms in total. The van der Waals surface area contributed by atoms with Gasteiger partial charge in [0.1, 0.15) is 0 Å². The van der Waals surface area contributed by atoms with Crippen LogP contribution >= 0.6 is 0 Å². The summed E-state index contributed by atoms with van der Waals surface area (Å²) in [4.78, 5) is 0. The van der Waals surface area contributed by atoms with Gasteiger partial charge >= 0.3 is 0 Å². The molecule has 0 aromatic heterocycles. The lowest BCUT2D eigenvalue weighted by Gasteiger charge is -2.36. The zero-order valence-corrected chi connectivity index (χ0v) is 7.90. The summed E-state index contributed by atoms with van der Waals surface area (Å²) in [6.07, 6.45) is 9.11. The molecule has 2 rings (SSSR count). The van der Waals surface area contributed by atoms with Gasteiger partial charge in [-0.1, -0.05) is 33.1 Å². The highest BCUT2D eigenvalue weighted by atomic mass is 14.4. The Hall–Kier alpha value is 0. The summed E-state index contributed by atoms with van der Waals surface area (Å²) in [7, 11) is 0. The Morgan fingerprint density at radius 3 is 2.18 bits per heavy atom. The normalized spacial score (nSPS) is 49.6. The van der Waals surface area contributed by atoms with Crippen molar-refractivity contribution in [3.63, 3.8) is 0 Å². The summed E-state index contributed by atoms with van der Waals surface area (Å²) in [6, 6.07) is 0. The molecule has 2 atom stereocenters. The highest BCUT2D eigenvalue weighted by Crippen LogP contribution is 2.51. The lowest BCUT2D eigenvalue weighted by Crippen LogP contribution is -2.25. The van der Waals surface area contributed by atoms with Gasteiger partial charge in [-0.3, -0.25) is 0 Å². The van der Waals surface area contributed by atoms with E-state index >= 15 is 0 Å². The van der Waals surface area contributed by atoms with E-state index in [1.54, 1.807) is 19.3 Å². The third kappa shape index (κ3) is 1.32. The van der Waals surface area contributed by atoms with Crippen LogP contribution in [0.25, 0.3) is 0 Å². The summed E-state index contributed by atoms with van der Waals surface area (Å²) in [5, 5.41) is 0. The standard InChI is InChI=1S/C11H20/c1-3-11(2)7-9-4-5-10(6-9)8-11/h9-10H,3-8H2,1-2H3. The van der Waals surface area contributed by atoms with E-state index < -0.39 is 0 Å². The Kier molecular flexibility index (Phi) is 1.74. The maximum atomic E-state index is 2.50. The fourth-order valence-corrected chi connectivity index (χ4v) is 3.32. The average molecular weight is 152 g/mol. The second-order valence-electron chi connectivity index (χ2n) is 5.12. The summed E-state index contributed by atoms with van der Waals surface area (Å²) in [5.41, 5.74) is 0.726. The Morgan fingerprint density at radius 1 is 1.18 bits per heavy atom. The van der Waals surface area contributed by atoms with Crippen molar-refractivity contribution in [2.24, 2.45) is 17.3 Å². The van der Waals surface area contributed by atoms with E-state index in [2.05, 4.69) is 13.8 Å². The molecule has 2 fully saturated rings. The largest absolute Gasteiger partial charge is 0.0649 e. The van der Waals surface area contributed by atoms with E-state index in [9.17, 15) is 0 Å². The molecule has 0 amide bonds. The van der Waals surface area contributed by atoms with Crippen molar-refractivity contribution in [1.82, 2.24) is 0 Å². The average Bonchev–Trinajstić information content (AvgIpc) is 2.31. The fraction of sp³-hybridized carbons (Fsp3) is 1.00. The number of hydrogen-bond acceptors (Lipinski definition) is 0. The number of rotatable bonds is 1. The highest BCUT2D eigenvalue weighted by Gasteiger charge is 2.39. The first-order valence-electron chi connectivity index (χ1n) is 5.22. The van der Waals surface area contributed by atoms with Crippen LogP contribution in [0.5, 0.6) is 0 Å². The molecule has 11 heavy (non-hydrogen) atoms. The van der Waals surface area contributed by atoms with Crippen LogP contribution in [0, 0.1) is 17.3 Å². The highest BCUT2D eigenvalue weighted by molar-refractivity contribution is 4.90. The molecule has 2 bridgehead atoms.